The molecule has 0 aliphatic rings. The van der Waals surface area contributed by atoms with Gasteiger partial charge in [0.25, 0.3) is 5.78 Å². The first-order chi connectivity index (χ1) is 12.0. The fraction of sp³-hybridized carbons (Fsp3) is 0.294. The van der Waals surface area contributed by atoms with Gasteiger partial charge in [-0.3, -0.25) is 4.79 Å². The first-order valence-corrected chi connectivity index (χ1v) is 9.63. The molecule has 0 radical (unpaired) electrons. The van der Waals surface area contributed by atoms with E-state index in [1.165, 1.54) is 11.2 Å². The average molecular weight is 420 g/mol. The lowest BCUT2D eigenvalue weighted by Crippen LogP contribution is -2.28. The van der Waals surface area contributed by atoms with Crippen molar-refractivity contribution in [2.75, 3.05) is 12.3 Å². The molecule has 0 unspecified atom stereocenters. The molecule has 0 aliphatic heterocycles. The van der Waals surface area contributed by atoms with E-state index in [0.29, 0.717) is 18.7 Å². The van der Waals surface area contributed by atoms with Gasteiger partial charge >= 0.3 is 0 Å². The van der Waals surface area contributed by atoms with Gasteiger partial charge in [0.15, 0.2) is 0 Å². The number of carbonyl (C=O) groups excluding carboxylic acids is 1. The highest BCUT2D eigenvalue weighted by atomic mass is 79.9. The number of aromatic nitrogens is 4. The van der Waals surface area contributed by atoms with E-state index in [9.17, 15) is 4.79 Å². The Hall–Kier alpha value is -1.93. The normalized spacial score (nSPS) is 11.0. The fourth-order valence-electron chi connectivity index (χ4n) is 2.52. The molecule has 0 atom stereocenters. The van der Waals surface area contributed by atoms with Crippen molar-refractivity contribution < 1.29 is 4.79 Å². The van der Waals surface area contributed by atoms with Gasteiger partial charge in [-0.2, -0.15) is 10.1 Å². The Morgan fingerprint density at radius 1 is 1.28 bits per heavy atom. The topological polar surface area (TPSA) is 72.2 Å². The van der Waals surface area contributed by atoms with E-state index in [0.717, 1.165) is 27.2 Å². The zero-order valence-electron chi connectivity index (χ0n) is 14.0. The summed E-state index contributed by atoms with van der Waals surface area (Å²) >= 11 is 5.14. The molecule has 2 aromatic heterocycles. The second-order valence-corrected chi connectivity index (χ2v) is 7.65. The van der Waals surface area contributed by atoms with Crippen LogP contribution in [0.4, 0.5) is 0 Å². The molecule has 0 saturated carbocycles. The summed E-state index contributed by atoms with van der Waals surface area (Å²) < 4.78 is 2.73. The number of nitrogens with one attached hydrogen (secondary N) is 1. The van der Waals surface area contributed by atoms with Crippen LogP contribution in [0, 0.1) is 13.8 Å². The highest BCUT2D eigenvalue weighted by Crippen LogP contribution is 2.20. The van der Waals surface area contributed by atoms with Crippen molar-refractivity contribution in [3.8, 4) is 0 Å². The molecule has 0 fully saturated rings. The maximum Gasteiger partial charge on any atom is 0.252 e. The summed E-state index contributed by atoms with van der Waals surface area (Å²) in [6, 6.07) is 8.14. The quantitative estimate of drug-likeness (QED) is 0.491. The van der Waals surface area contributed by atoms with Crippen LogP contribution in [0.25, 0.3) is 5.78 Å². The molecule has 2 heterocycles. The lowest BCUT2D eigenvalue weighted by Gasteiger charge is -2.10. The van der Waals surface area contributed by atoms with Crippen molar-refractivity contribution in [2.24, 2.45) is 0 Å². The Balaban J connectivity index is 1.53. The largest absolute Gasteiger partial charge is 0.355 e. The lowest BCUT2D eigenvalue weighted by atomic mass is 10.1. The van der Waals surface area contributed by atoms with Crippen LogP contribution in [0.15, 0.2) is 40.0 Å². The molecule has 130 valence electrons. The third-order valence-corrected chi connectivity index (χ3v) is 5.37. The van der Waals surface area contributed by atoms with Crippen molar-refractivity contribution in [3.63, 3.8) is 0 Å². The predicted molar refractivity (Wildman–Crippen MR) is 102 cm³/mol. The van der Waals surface area contributed by atoms with Gasteiger partial charge in [0.2, 0.25) is 5.91 Å². The van der Waals surface area contributed by atoms with Gasteiger partial charge in [-0.05, 0) is 38.1 Å². The molecule has 0 bridgehead atoms. The molecule has 0 saturated heterocycles. The Morgan fingerprint density at radius 3 is 2.80 bits per heavy atom. The van der Waals surface area contributed by atoms with Crippen LogP contribution in [0.2, 0.25) is 0 Å². The number of hydrogen-bond donors (Lipinski definition) is 1. The van der Waals surface area contributed by atoms with Crippen LogP contribution in [-0.4, -0.2) is 37.8 Å². The van der Waals surface area contributed by atoms with E-state index in [1.54, 1.807) is 16.3 Å². The molecule has 8 heteroatoms. The molecule has 1 N–H and O–H groups in total. The number of amides is 1. The number of nitrogens with zero attached hydrogens (tertiary/aromatic N) is 4. The van der Waals surface area contributed by atoms with Crippen LogP contribution in [-0.2, 0) is 11.2 Å². The highest BCUT2D eigenvalue weighted by molar-refractivity contribution is 9.10. The van der Waals surface area contributed by atoms with Crippen molar-refractivity contribution in [1.82, 2.24) is 24.9 Å². The second-order valence-electron chi connectivity index (χ2n) is 5.56. The minimum atomic E-state index is -0.0103. The molecule has 25 heavy (non-hydrogen) atoms. The molecule has 3 rings (SSSR count). The monoisotopic (exact) mass is 419 g/mol. The Morgan fingerprint density at radius 2 is 2.04 bits per heavy atom. The van der Waals surface area contributed by atoms with Gasteiger partial charge in [0, 0.05) is 38.6 Å². The van der Waals surface area contributed by atoms with Crippen molar-refractivity contribution in [1.29, 1.82) is 0 Å². The Kier molecular flexibility index (Phi) is 5.70. The SMILES string of the molecule is Cc1nc2ncnn2c(C)c1CC(=O)NCCSc1ccc(Br)cc1. The number of fused-ring (bicyclic) bond motifs is 1. The number of carbonyl (C=O) groups is 1. The van der Waals surface area contributed by atoms with Gasteiger partial charge < -0.3 is 5.32 Å². The van der Waals surface area contributed by atoms with Gasteiger partial charge in [0.1, 0.15) is 6.33 Å². The van der Waals surface area contributed by atoms with Crippen LogP contribution in [0.3, 0.4) is 0 Å². The van der Waals surface area contributed by atoms with E-state index in [2.05, 4.69) is 48.4 Å². The molecule has 0 aliphatic carbocycles. The maximum absolute atomic E-state index is 12.2. The first-order valence-electron chi connectivity index (χ1n) is 7.85. The molecule has 6 nitrogen and oxygen atoms in total. The number of thioether (sulfide) groups is 1. The summed E-state index contributed by atoms with van der Waals surface area (Å²) in [6.45, 7) is 4.45. The summed E-state index contributed by atoms with van der Waals surface area (Å²) in [5, 5.41) is 7.11. The molecular formula is C17H18BrN5OS. The van der Waals surface area contributed by atoms with Crippen LogP contribution >= 0.6 is 27.7 Å². The summed E-state index contributed by atoms with van der Waals surface area (Å²) in [4.78, 5) is 21.9. The van der Waals surface area contributed by atoms with Crippen LogP contribution < -0.4 is 5.32 Å². The van der Waals surface area contributed by atoms with Crippen LogP contribution in [0.1, 0.15) is 17.0 Å². The zero-order chi connectivity index (χ0) is 17.8. The smallest absolute Gasteiger partial charge is 0.252 e. The van der Waals surface area contributed by atoms with Gasteiger partial charge in [0.05, 0.1) is 6.42 Å². The summed E-state index contributed by atoms with van der Waals surface area (Å²) in [7, 11) is 0. The van der Waals surface area contributed by atoms with E-state index < -0.39 is 0 Å². The molecule has 0 spiro atoms. The molecule has 1 aromatic carbocycles. The van der Waals surface area contributed by atoms with E-state index in [1.807, 2.05) is 26.0 Å². The standard InChI is InChI=1S/C17H18BrN5OS/c1-11-15(12(2)23-17(22-11)20-10-21-23)9-16(24)19-7-8-25-14-5-3-13(18)4-6-14/h3-6,10H,7-9H2,1-2H3,(H,19,24). The van der Waals surface area contributed by atoms with Crippen molar-refractivity contribution in [3.05, 3.63) is 52.0 Å². The molecule has 3 aromatic rings. The van der Waals surface area contributed by atoms with E-state index in [4.69, 9.17) is 0 Å². The molecule has 1 amide bonds. The number of aryl methyl sites for hydroxylation is 2. The average Bonchev–Trinajstić information content (AvgIpc) is 3.05. The van der Waals surface area contributed by atoms with Gasteiger partial charge in [-0.1, -0.05) is 15.9 Å². The number of rotatable bonds is 6. The summed E-state index contributed by atoms with van der Waals surface area (Å²) in [5.74, 6) is 1.38. The Bertz CT molecular complexity index is 894. The third-order valence-electron chi connectivity index (χ3n) is 3.83. The van der Waals surface area contributed by atoms with Crippen LogP contribution in [0.5, 0.6) is 0 Å². The van der Waals surface area contributed by atoms with Gasteiger partial charge in [-0.15, -0.1) is 11.8 Å². The number of halogens is 1. The summed E-state index contributed by atoms with van der Waals surface area (Å²) in [6.07, 6.45) is 1.77. The zero-order valence-corrected chi connectivity index (χ0v) is 16.4. The number of benzene rings is 1. The third kappa shape index (κ3) is 4.38. The second kappa shape index (κ2) is 7.97. The van der Waals surface area contributed by atoms with Gasteiger partial charge in [-0.25, -0.2) is 9.50 Å². The van der Waals surface area contributed by atoms with Crippen molar-refractivity contribution >= 4 is 39.4 Å². The van der Waals surface area contributed by atoms with E-state index >= 15 is 0 Å². The summed E-state index contributed by atoms with van der Waals surface area (Å²) in [5.41, 5.74) is 2.62. The first kappa shape index (κ1) is 17.9. The van der Waals surface area contributed by atoms with Crippen molar-refractivity contribution in [2.45, 2.75) is 25.2 Å². The fourth-order valence-corrected chi connectivity index (χ4v) is 3.56. The predicted octanol–water partition coefficient (Wildman–Crippen LogP) is 2.95. The Labute approximate surface area is 158 Å². The minimum Gasteiger partial charge on any atom is -0.355 e. The van der Waals surface area contributed by atoms with E-state index in [-0.39, 0.29) is 5.91 Å². The number of hydrogen-bond acceptors (Lipinski definition) is 5. The lowest BCUT2D eigenvalue weighted by molar-refractivity contribution is -0.120. The molecular weight excluding hydrogens is 402 g/mol. The minimum absolute atomic E-state index is 0.0103. The maximum atomic E-state index is 12.2. The highest BCUT2D eigenvalue weighted by Gasteiger charge is 2.14.